The normalized spacial score (nSPS) is 10.4. The molecule has 0 spiro atoms. The molecule has 0 radical (unpaired) electrons. The molecule has 0 fully saturated rings. The van der Waals surface area contributed by atoms with Crippen LogP contribution in [-0.2, 0) is 11.2 Å². The van der Waals surface area contributed by atoms with Gasteiger partial charge in [-0.25, -0.2) is 4.39 Å². The summed E-state index contributed by atoms with van der Waals surface area (Å²) in [5.41, 5.74) is 3.65. The van der Waals surface area contributed by atoms with Crippen molar-refractivity contribution in [3.05, 3.63) is 77.1 Å². The molecule has 2 aromatic carbocycles. The number of rotatable bonds is 5. The first-order valence-corrected chi connectivity index (χ1v) is 8.22. The van der Waals surface area contributed by atoms with E-state index in [0.29, 0.717) is 17.2 Å². The first kappa shape index (κ1) is 17.5. The smallest absolute Gasteiger partial charge is 0.230 e. The molecule has 3 rings (SSSR count). The van der Waals surface area contributed by atoms with Gasteiger partial charge in [0.15, 0.2) is 11.6 Å². The number of aromatic nitrogens is 2. The van der Waals surface area contributed by atoms with Gasteiger partial charge in [-0.05, 0) is 60.9 Å². The third kappa shape index (κ3) is 4.42. The Hall–Kier alpha value is -3.28. The van der Waals surface area contributed by atoms with Gasteiger partial charge in [-0.1, -0.05) is 24.3 Å². The summed E-state index contributed by atoms with van der Waals surface area (Å²) in [5.74, 6) is 0.137. The highest BCUT2D eigenvalue weighted by molar-refractivity contribution is 5.91. The van der Waals surface area contributed by atoms with Gasteiger partial charge in [0.1, 0.15) is 5.82 Å². The SMILES string of the molecule is Cc1ccc(Nc2ccc(NC(=O)Cc3ccccc3F)nn2)cc1C. The molecule has 0 unspecified atom stereocenters. The van der Waals surface area contributed by atoms with Gasteiger partial charge < -0.3 is 10.6 Å². The summed E-state index contributed by atoms with van der Waals surface area (Å²) >= 11 is 0. The molecule has 3 aromatic rings. The van der Waals surface area contributed by atoms with E-state index in [1.807, 2.05) is 25.1 Å². The molecular formula is C20H19FN4O. The van der Waals surface area contributed by atoms with Gasteiger partial charge in [-0.2, -0.15) is 0 Å². The van der Waals surface area contributed by atoms with E-state index in [-0.39, 0.29) is 12.3 Å². The van der Waals surface area contributed by atoms with Gasteiger partial charge in [0, 0.05) is 5.69 Å². The van der Waals surface area contributed by atoms with Gasteiger partial charge in [0.2, 0.25) is 5.91 Å². The third-order valence-electron chi connectivity index (χ3n) is 4.02. The van der Waals surface area contributed by atoms with Crippen LogP contribution in [0.2, 0.25) is 0 Å². The summed E-state index contributed by atoms with van der Waals surface area (Å²) in [6.45, 7) is 4.10. The summed E-state index contributed by atoms with van der Waals surface area (Å²) < 4.78 is 13.6. The lowest BCUT2D eigenvalue weighted by Crippen LogP contribution is -2.16. The maximum Gasteiger partial charge on any atom is 0.230 e. The molecule has 0 atom stereocenters. The minimum Gasteiger partial charge on any atom is -0.339 e. The number of aryl methyl sites for hydroxylation is 2. The van der Waals surface area contributed by atoms with E-state index < -0.39 is 5.82 Å². The van der Waals surface area contributed by atoms with Gasteiger partial charge in [-0.15, -0.1) is 10.2 Å². The quantitative estimate of drug-likeness (QED) is 0.725. The van der Waals surface area contributed by atoms with Crippen LogP contribution in [0.4, 0.5) is 21.7 Å². The van der Waals surface area contributed by atoms with Crippen molar-refractivity contribution in [3.63, 3.8) is 0 Å². The monoisotopic (exact) mass is 350 g/mol. The maximum atomic E-state index is 13.6. The predicted molar refractivity (Wildman–Crippen MR) is 100.0 cm³/mol. The average molecular weight is 350 g/mol. The Kier molecular flexibility index (Phi) is 5.22. The van der Waals surface area contributed by atoms with E-state index in [9.17, 15) is 9.18 Å². The fourth-order valence-corrected chi connectivity index (χ4v) is 2.43. The molecule has 2 N–H and O–H groups in total. The van der Waals surface area contributed by atoms with E-state index in [1.54, 1.807) is 30.3 Å². The molecule has 6 heteroatoms. The first-order chi connectivity index (χ1) is 12.5. The summed E-state index contributed by atoms with van der Waals surface area (Å²) in [6.07, 6.45) is -0.0585. The standard InChI is InChI=1S/C20H19FN4O/c1-13-7-8-16(11-14(13)2)22-18-9-10-19(25-24-18)23-20(26)12-15-5-3-4-6-17(15)21/h3-11H,12H2,1-2H3,(H,22,24)(H,23,25,26). The van der Waals surface area contributed by atoms with Crippen LogP contribution in [0.1, 0.15) is 16.7 Å². The Labute approximate surface area is 151 Å². The van der Waals surface area contributed by atoms with Crippen molar-refractivity contribution in [2.45, 2.75) is 20.3 Å². The van der Waals surface area contributed by atoms with Crippen LogP contribution in [0, 0.1) is 19.7 Å². The zero-order valence-corrected chi connectivity index (χ0v) is 14.6. The fraction of sp³-hybridized carbons (Fsp3) is 0.150. The number of carbonyl (C=O) groups excluding carboxylic acids is 1. The van der Waals surface area contributed by atoms with Gasteiger partial charge in [0.05, 0.1) is 6.42 Å². The number of hydrogen-bond donors (Lipinski definition) is 2. The average Bonchev–Trinajstić information content (AvgIpc) is 2.62. The number of anilines is 3. The van der Waals surface area contributed by atoms with Gasteiger partial charge in [-0.3, -0.25) is 4.79 Å². The Bertz CT molecular complexity index is 925. The van der Waals surface area contributed by atoms with Crippen LogP contribution in [0.3, 0.4) is 0 Å². The zero-order valence-electron chi connectivity index (χ0n) is 14.6. The maximum absolute atomic E-state index is 13.6. The molecule has 1 heterocycles. The Morgan fingerprint density at radius 3 is 2.38 bits per heavy atom. The second-order valence-corrected chi connectivity index (χ2v) is 6.04. The van der Waals surface area contributed by atoms with E-state index in [1.165, 1.54) is 17.2 Å². The number of nitrogens with zero attached hydrogens (tertiary/aromatic N) is 2. The molecule has 0 saturated carbocycles. The predicted octanol–water partition coefficient (Wildman–Crippen LogP) is 4.16. The Balaban J connectivity index is 1.61. The second kappa shape index (κ2) is 7.74. The second-order valence-electron chi connectivity index (χ2n) is 6.04. The summed E-state index contributed by atoms with van der Waals surface area (Å²) in [6, 6.07) is 15.6. The lowest BCUT2D eigenvalue weighted by Gasteiger charge is -2.08. The highest BCUT2D eigenvalue weighted by atomic mass is 19.1. The number of hydrogen-bond acceptors (Lipinski definition) is 4. The summed E-state index contributed by atoms with van der Waals surface area (Å²) in [7, 11) is 0. The van der Waals surface area contributed by atoms with Crippen LogP contribution in [0.5, 0.6) is 0 Å². The highest BCUT2D eigenvalue weighted by Gasteiger charge is 2.09. The van der Waals surface area contributed by atoms with Crippen molar-refractivity contribution in [3.8, 4) is 0 Å². The summed E-state index contributed by atoms with van der Waals surface area (Å²) in [4.78, 5) is 12.0. The number of carbonyl (C=O) groups is 1. The lowest BCUT2D eigenvalue weighted by molar-refractivity contribution is -0.115. The van der Waals surface area contributed by atoms with Crippen LogP contribution >= 0.6 is 0 Å². The van der Waals surface area contributed by atoms with Crippen molar-refractivity contribution < 1.29 is 9.18 Å². The molecule has 1 amide bonds. The molecule has 0 aliphatic rings. The molecule has 0 bridgehead atoms. The number of nitrogens with one attached hydrogen (secondary N) is 2. The van der Waals surface area contributed by atoms with Crippen molar-refractivity contribution in [2.24, 2.45) is 0 Å². The highest BCUT2D eigenvalue weighted by Crippen LogP contribution is 2.18. The number of benzene rings is 2. The largest absolute Gasteiger partial charge is 0.339 e. The van der Waals surface area contributed by atoms with Crippen LogP contribution < -0.4 is 10.6 Å². The van der Waals surface area contributed by atoms with Gasteiger partial charge >= 0.3 is 0 Å². The Morgan fingerprint density at radius 1 is 0.962 bits per heavy atom. The fourth-order valence-electron chi connectivity index (χ4n) is 2.43. The van der Waals surface area contributed by atoms with Crippen LogP contribution in [0.25, 0.3) is 0 Å². The van der Waals surface area contributed by atoms with Gasteiger partial charge in [0.25, 0.3) is 0 Å². The molecular weight excluding hydrogens is 331 g/mol. The molecule has 0 aliphatic carbocycles. The van der Waals surface area contributed by atoms with E-state index in [4.69, 9.17) is 0 Å². The molecule has 5 nitrogen and oxygen atoms in total. The lowest BCUT2D eigenvalue weighted by atomic mass is 10.1. The van der Waals surface area contributed by atoms with E-state index >= 15 is 0 Å². The minimum absolute atomic E-state index is 0.0585. The minimum atomic E-state index is -0.401. The summed E-state index contributed by atoms with van der Waals surface area (Å²) in [5, 5.41) is 13.8. The van der Waals surface area contributed by atoms with Crippen molar-refractivity contribution in [1.29, 1.82) is 0 Å². The first-order valence-electron chi connectivity index (χ1n) is 8.22. The molecule has 0 saturated heterocycles. The molecule has 0 aliphatic heterocycles. The van der Waals surface area contributed by atoms with Crippen molar-refractivity contribution in [1.82, 2.24) is 10.2 Å². The van der Waals surface area contributed by atoms with Crippen LogP contribution in [0.15, 0.2) is 54.6 Å². The number of halogens is 1. The molecule has 132 valence electrons. The topological polar surface area (TPSA) is 66.9 Å². The zero-order chi connectivity index (χ0) is 18.5. The van der Waals surface area contributed by atoms with Crippen LogP contribution in [-0.4, -0.2) is 16.1 Å². The van der Waals surface area contributed by atoms with Crippen molar-refractivity contribution >= 4 is 23.2 Å². The molecule has 26 heavy (non-hydrogen) atoms. The Morgan fingerprint density at radius 2 is 1.69 bits per heavy atom. The van der Waals surface area contributed by atoms with E-state index in [0.717, 1.165) is 5.69 Å². The molecule has 1 aromatic heterocycles. The third-order valence-corrected chi connectivity index (χ3v) is 4.02. The number of amides is 1. The van der Waals surface area contributed by atoms with Crippen molar-refractivity contribution in [2.75, 3.05) is 10.6 Å². The van der Waals surface area contributed by atoms with E-state index in [2.05, 4.69) is 27.8 Å².